The van der Waals surface area contributed by atoms with E-state index in [0.717, 1.165) is 22.4 Å². The van der Waals surface area contributed by atoms with E-state index in [9.17, 15) is 4.79 Å². The quantitative estimate of drug-likeness (QED) is 0.597. The molecule has 0 spiro atoms. The molecule has 2 aromatic carbocycles. The summed E-state index contributed by atoms with van der Waals surface area (Å²) in [5.41, 5.74) is 2.27. The van der Waals surface area contributed by atoms with Gasteiger partial charge in [0.1, 0.15) is 6.54 Å². The zero-order valence-electron chi connectivity index (χ0n) is 14.0. The van der Waals surface area contributed by atoms with Crippen molar-refractivity contribution >= 4 is 17.7 Å². The topological polar surface area (TPSA) is 52.9 Å². The lowest BCUT2D eigenvalue weighted by atomic mass is 10.1. The van der Waals surface area contributed by atoms with Gasteiger partial charge in [0.25, 0.3) is 0 Å². The zero-order valence-corrected chi connectivity index (χ0v) is 14.8. The molecular formula is C20H22N2OS. The van der Waals surface area contributed by atoms with Crippen LogP contribution in [-0.4, -0.2) is 17.7 Å². The molecule has 1 atom stereocenters. The van der Waals surface area contributed by atoms with Crippen LogP contribution in [0.15, 0.2) is 59.5 Å². The molecular weight excluding hydrogens is 316 g/mol. The summed E-state index contributed by atoms with van der Waals surface area (Å²) in [6, 6.07) is 20.3. The highest BCUT2D eigenvalue weighted by molar-refractivity contribution is 8.00. The lowest BCUT2D eigenvalue weighted by molar-refractivity contribution is -0.120. The third-order valence-corrected chi connectivity index (χ3v) is 4.86. The summed E-state index contributed by atoms with van der Waals surface area (Å²) in [6.45, 7) is 4.26. The minimum Gasteiger partial charge on any atom is -0.342 e. The van der Waals surface area contributed by atoms with Crippen LogP contribution in [0.1, 0.15) is 20.3 Å². The van der Waals surface area contributed by atoms with Crippen LogP contribution in [-0.2, 0) is 4.79 Å². The van der Waals surface area contributed by atoms with Crippen LogP contribution in [0.3, 0.4) is 0 Å². The number of benzene rings is 2. The van der Waals surface area contributed by atoms with Crippen molar-refractivity contribution in [1.82, 2.24) is 5.32 Å². The van der Waals surface area contributed by atoms with Gasteiger partial charge in [-0.05, 0) is 29.5 Å². The maximum absolute atomic E-state index is 12.4. The van der Waals surface area contributed by atoms with E-state index in [4.69, 9.17) is 5.26 Å². The van der Waals surface area contributed by atoms with Gasteiger partial charge in [-0.3, -0.25) is 4.79 Å². The van der Waals surface area contributed by atoms with Gasteiger partial charge in [0, 0.05) is 4.90 Å². The van der Waals surface area contributed by atoms with Gasteiger partial charge in [-0.2, -0.15) is 5.26 Å². The Balaban J connectivity index is 2.26. The molecule has 4 heteroatoms. The Morgan fingerprint density at radius 1 is 1.12 bits per heavy atom. The summed E-state index contributed by atoms with van der Waals surface area (Å²) < 4.78 is 0. The van der Waals surface area contributed by atoms with Gasteiger partial charge < -0.3 is 5.32 Å². The van der Waals surface area contributed by atoms with E-state index < -0.39 is 0 Å². The fourth-order valence-electron chi connectivity index (χ4n) is 2.46. The van der Waals surface area contributed by atoms with E-state index in [1.54, 1.807) is 11.8 Å². The highest BCUT2D eigenvalue weighted by Gasteiger charge is 2.22. The van der Waals surface area contributed by atoms with E-state index in [-0.39, 0.29) is 17.7 Å². The van der Waals surface area contributed by atoms with Gasteiger partial charge >= 0.3 is 0 Å². The van der Waals surface area contributed by atoms with E-state index in [1.807, 2.05) is 36.4 Å². The Labute approximate surface area is 148 Å². The highest BCUT2D eigenvalue weighted by Crippen LogP contribution is 2.35. The van der Waals surface area contributed by atoms with E-state index in [0.29, 0.717) is 5.92 Å². The molecule has 0 bridgehead atoms. The SMILES string of the molecule is CC(C)CC(Sc1ccccc1-c1ccccc1)C(=O)NCC#N. The number of hydrogen-bond donors (Lipinski definition) is 1. The van der Waals surface area contributed by atoms with Crippen LogP contribution in [0.2, 0.25) is 0 Å². The van der Waals surface area contributed by atoms with Gasteiger partial charge in [-0.15, -0.1) is 11.8 Å². The molecule has 124 valence electrons. The highest BCUT2D eigenvalue weighted by atomic mass is 32.2. The zero-order chi connectivity index (χ0) is 17.4. The first kappa shape index (κ1) is 18.1. The summed E-state index contributed by atoms with van der Waals surface area (Å²) in [6.07, 6.45) is 0.769. The summed E-state index contributed by atoms with van der Waals surface area (Å²) in [5.74, 6) is 0.331. The monoisotopic (exact) mass is 338 g/mol. The molecule has 0 saturated heterocycles. The molecule has 0 saturated carbocycles. The summed E-state index contributed by atoms with van der Waals surface area (Å²) in [7, 11) is 0. The van der Waals surface area contributed by atoms with Gasteiger partial charge in [0.2, 0.25) is 5.91 Å². The third-order valence-electron chi connectivity index (χ3n) is 3.56. The maximum atomic E-state index is 12.4. The average molecular weight is 338 g/mol. The second-order valence-electron chi connectivity index (χ2n) is 5.97. The molecule has 1 unspecified atom stereocenters. The molecule has 0 aromatic heterocycles. The Kier molecular flexibility index (Phi) is 6.89. The number of nitriles is 1. The molecule has 0 fully saturated rings. The van der Waals surface area contributed by atoms with Gasteiger partial charge in [-0.25, -0.2) is 0 Å². The van der Waals surface area contributed by atoms with Gasteiger partial charge in [0.05, 0.1) is 11.3 Å². The lowest BCUT2D eigenvalue weighted by Crippen LogP contribution is -2.33. The standard InChI is InChI=1S/C20H22N2OS/c1-15(2)14-19(20(23)22-13-12-21)24-18-11-7-6-10-17(18)16-8-4-3-5-9-16/h3-11,15,19H,13-14H2,1-2H3,(H,22,23). The molecule has 0 radical (unpaired) electrons. The first-order chi connectivity index (χ1) is 11.6. The Morgan fingerprint density at radius 3 is 2.46 bits per heavy atom. The maximum Gasteiger partial charge on any atom is 0.234 e. The molecule has 1 amide bonds. The van der Waals surface area contributed by atoms with Gasteiger partial charge in [0.15, 0.2) is 0 Å². The van der Waals surface area contributed by atoms with Crippen LogP contribution in [0.5, 0.6) is 0 Å². The molecule has 1 N–H and O–H groups in total. The van der Waals surface area contributed by atoms with Crippen LogP contribution >= 0.6 is 11.8 Å². The summed E-state index contributed by atoms with van der Waals surface area (Å²) in [4.78, 5) is 13.5. The number of carbonyl (C=O) groups excluding carboxylic acids is 1. The van der Waals surface area contributed by atoms with Crippen molar-refractivity contribution in [3.8, 4) is 17.2 Å². The summed E-state index contributed by atoms with van der Waals surface area (Å²) >= 11 is 1.58. The number of rotatable bonds is 7. The van der Waals surface area contributed by atoms with Crippen molar-refractivity contribution < 1.29 is 4.79 Å². The molecule has 24 heavy (non-hydrogen) atoms. The number of hydrogen-bond acceptors (Lipinski definition) is 3. The van der Waals surface area contributed by atoms with E-state index in [2.05, 4.69) is 43.4 Å². The molecule has 3 nitrogen and oxygen atoms in total. The number of carbonyl (C=O) groups is 1. The molecule has 2 rings (SSSR count). The van der Waals surface area contributed by atoms with E-state index in [1.165, 1.54) is 0 Å². The molecule has 0 aliphatic rings. The van der Waals surface area contributed by atoms with Crippen molar-refractivity contribution in [1.29, 1.82) is 5.26 Å². The Morgan fingerprint density at radius 2 is 1.79 bits per heavy atom. The van der Waals surface area contributed by atoms with E-state index >= 15 is 0 Å². The molecule has 0 aliphatic heterocycles. The van der Waals surface area contributed by atoms with Gasteiger partial charge in [-0.1, -0.05) is 62.4 Å². The van der Waals surface area contributed by atoms with Crippen LogP contribution in [0.25, 0.3) is 11.1 Å². The first-order valence-corrected chi connectivity index (χ1v) is 8.95. The number of thioether (sulfide) groups is 1. The second kappa shape index (κ2) is 9.14. The Hall–Kier alpha value is -2.25. The van der Waals surface area contributed by atoms with Crippen molar-refractivity contribution in [3.05, 3.63) is 54.6 Å². The smallest absolute Gasteiger partial charge is 0.234 e. The molecule has 2 aromatic rings. The lowest BCUT2D eigenvalue weighted by Gasteiger charge is -2.19. The summed E-state index contributed by atoms with van der Waals surface area (Å²) in [5, 5.41) is 11.2. The van der Waals surface area contributed by atoms with Crippen LogP contribution in [0, 0.1) is 17.2 Å². The van der Waals surface area contributed by atoms with Crippen LogP contribution < -0.4 is 5.32 Å². The number of amides is 1. The Bertz CT molecular complexity index is 707. The van der Waals surface area contributed by atoms with Crippen molar-refractivity contribution in [2.24, 2.45) is 5.92 Å². The molecule has 0 heterocycles. The first-order valence-electron chi connectivity index (χ1n) is 8.07. The normalized spacial score (nSPS) is 11.8. The average Bonchev–Trinajstić information content (AvgIpc) is 2.60. The van der Waals surface area contributed by atoms with Crippen molar-refractivity contribution in [2.75, 3.05) is 6.54 Å². The van der Waals surface area contributed by atoms with Crippen molar-refractivity contribution in [3.63, 3.8) is 0 Å². The third kappa shape index (κ3) is 5.14. The van der Waals surface area contributed by atoms with Crippen molar-refractivity contribution in [2.45, 2.75) is 30.4 Å². The fourth-order valence-corrected chi connectivity index (χ4v) is 3.90. The predicted molar refractivity (Wildman–Crippen MR) is 99.6 cm³/mol. The predicted octanol–water partition coefficient (Wildman–Crippen LogP) is 4.50. The molecule has 0 aliphatic carbocycles. The number of nitrogens with one attached hydrogen (secondary N) is 1. The van der Waals surface area contributed by atoms with Crippen LogP contribution in [0.4, 0.5) is 0 Å². The second-order valence-corrected chi connectivity index (χ2v) is 7.22. The largest absolute Gasteiger partial charge is 0.342 e. The fraction of sp³-hybridized carbons (Fsp3) is 0.300. The number of nitrogens with zero attached hydrogens (tertiary/aromatic N) is 1. The minimum atomic E-state index is -0.205. The minimum absolute atomic E-state index is 0.0499.